The maximum Gasteiger partial charge on any atom is 0.261 e. The fraction of sp³-hybridized carbons (Fsp3) is 0.292. The van der Waals surface area contributed by atoms with Crippen molar-refractivity contribution in [2.24, 2.45) is 0 Å². The van der Waals surface area contributed by atoms with Crippen molar-refractivity contribution >= 4 is 17.5 Å². The number of carbonyl (C=O) groups excluding carboxylic acids is 1. The highest BCUT2D eigenvalue weighted by Crippen LogP contribution is 2.33. The minimum atomic E-state index is -0.0480. The molecule has 1 aliphatic heterocycles. The fourth-order valence-corrected chi connectivity index (χ4v) is 3.86. The molecule has 29 heavy (non-hydrogen) atoms. The summed E-state index contributed by atoms with van der Waals surface area (Å²) in [7, 11) is 0. The molecule has 0 N–H and O–H groups in total. The molecule has 148 valence electrons. The van der Waals surface area contributed by atoms with E-state index in [1.54, 1.807) is 12.4 Å². The van der Waals surface area contributed by atoms with Gasteiger partial charge in [-0.2, -0.15) is 0 Å². The van der Waals surface area contributed by atoms with Gasteiger partial charge in [-0.25, -0.2) is 9.97 Å². The zero-order valence-corrected chi connectivity index (χ0v) is 17.1. The van der Waals surface area contributed by atoms with Crippen LogP contribution in [-0.4, -0.2) is 28.0 Å². The van der Waals surface area contributed by atoms with Crippen LogP contribution in [0.1, 0.15) is 42.3 Å². The second-order valence-electron chi connectivity index (χ2n) is 7.84. The maximum absolute atomic E-state index is 13.2. The summed E-state index contributed by atoms with van der Waals surface area (Å²) < 4.78 is 0. The number of nitrogens with zero attached hydrogens (tertiary/aromatic N) is 4. The quantitative estimate of drug-likeness (QED) is 0.649. The third-order valence-corrected chi connectivity index (χ3v) is 5.39. The van der Waals surface area contributed by atoms with Gasteiger partial charge in [-0.15, -0.1) is 0 Å². The van der Waals surface area contributed by atoms with Crippen LogP contribution < -0.4 is 9.80 Å². The van der Waals surface area contributed by atoms with Crippen molar-refractivity contribution in [2.45, 2.75) is 45.8 Å². The monoisotopic (exact) mass is 386 g/mol. The van der Waals surface area contributed by atoms with Crippen molar-refractivity contribution < 1.29 is 4.79 Å². The third kappa shape index (κ3) is 3.86. The molecule has 0 spiro atoms. The summed E-state index contributed by atoms with van der Waals surface area (Å²) in [5, 5.41) is 0. The van der Waals surface area contributed by atoms with Gasteiger partial charge in [-0.05, 0) is 44.4 Å². The van der Waals surface area contributed by atoms with Crippen molar-refractivity contribution in [1.82, 2.24) is 9.97 Å². The Kier molecular flexibility index (Phi) is 5.30. The van der Waals surface area contributed by atoms with Crippen LogP contribution in [0, 0.1) is 0 Å². The molecule has 1 atom stereocenters. The molecular weight excluding hydrogens is 360 g/mol. The van der Waals surface area contributed by atoms with Crippen LogP contribution in [0.5, 0.6) is 0 Å². The Morgan fingerprint density at radius 1 is 1.07 bits per heavy atom. The first kappa shape index (κ1) is 19.1. The molecule has 2 aromatic carbocycles. The Balaban J connectivity index is 1.56. The van der Waals surface area contributed by atoms with Crippen molar-refractivity contribution in [1.29, 1.82) is 0 Å². The van der Waals surface area contributed by atoms with Crippen molar-refractivity contribution in [3.05, 3.63) is 83.7 Å². The van der Waals surface area contributed by atoms with E-state index < -0.39 is 0 Å². The SMILES string of the molecule is CC(C)N(Cc1ccccc1)c1ncc(C(=O)N2c3ccccc3CC2C)cn1. The molecular formula is C24H26N4O. The lowest BCUT2D eigenvalue weighted by Gasteiger charge is -2.27. The normalized spacial score (nSPS) is 15.4. The largest absolute Gasteiger partial charge is 0.334 e. The lowest BCUT2D eigenvalue weighted by Crippen LogP contribution is -2.36. The van der Waals surface area contributed by atoms with Gasteiger partial charge in [0.1, 0.15) is 0 Å². The molecule has 2 heterocycles. The van der Waals surface area contributed by atoms with Crippen molar-refractivity contribution in [3.63, 3.8) is 0 Å². The number of hydrogen-bond donors (Lipinski definition) is 0. The van der Waals surface area contributed by atoms with Gasteiger partial charge >= 0.3 is 0 Å². The van der Waals surface area contributed by atoms with Crippen LogP contribution in [0.25, 0.3) is 0 Å². The molecule has 0 saturated heterocycles. The maximum atomic E-state index is 13.2. The molecule has 3 aromatic rings. The number of aromatic nitrogens is 2. The number of benzene rings is 2. The van der Waals surface area contributed by atoms with Crippen LogP contribution in [0.15, 0.2) is 67.0 Å². The van der Waals surface area contributed by atoms with Gasteiger partial charge in [-0.1, -0.05) is 48.5 Å². The van der Waals surface area contributed by atoms with E-state index in [-0.39, 0.29) is 18.0 Å². The van der Waals surface area contributed by atoms with Gasteiger partial charge in [0.2, 0.25) is 5.95 Å². The molecule has 1 aromatic heterocycles. The number of rotatable bonds is 5. The van der Waals surface area contributed by atoms with E-state index in [2.05, 4.69) is 53.8 Å². The first-order valence-electron chi connectivity index (χ1n) is 10.1. The molecule has 0 radical (unpaired) electrons. The second kappa shape index (κ2) is 8.03. The number of fused-ring (bicyclic) bond motifs is 1. The summed E-state index contributed by atoms with van der Waals surface area (Å²) >= 11 is 0. The van der Waals surface area contributed by atoms with E-state index in [9.17, 15) is 4.79 Å². The van der Waals surface area contributed by atoms with E-state index >= 15 is 0 Å². The van der Waals surface area contributed by atoms with Gasteiger partial charge in [0, 0.05) is 36.7 Å². The first-order chi connectivity index (χ1) is 14.0. The predicted molar refractivity (Wildman–Crippen MR) is 116 cm³/mol. The Bertz CT molecular complexity index is 985. The summed E-state index contributed by atoms with van der Waals surface area (Å²) in [5.41, 5.74) is 3.91. The van der Waals surface area contributed by atoms with Gasteiger partial charge in [0.15, 0.2) is 0 Å². The lowest BCUT2D eigenvalue weighted by molar-refractivity contribution is 0.0981. The minimum Gasteiger partial charge on any atom is -0.334 e. The summed E-state index contributed by atoms with van der Waals surface area (Å²) in [4.78, 5) is 26.2. The van der Waals surface area contributed by atoms with Crippen molar-refractivity contribution in [3.8, 4) is 0 Å². The third-order valence-electron chi connectivity index (χ3n) is 5.39. The highest BCUT2D eigenvalue weighted by atomic mass is 16.2. The van der Waals surface area contributed by atoms with E-state index in [4.69, 9.17) is 0 Å². The number of carbonyl (C=O) groups is 1. The minimum absolute atomic E-state index is 0.0480. The van der Waals surface area contributed by atoms with Gasteiger partial charge in [0.05, 0.1) is 5.56 Å². The number of amides is 1. The number of para-hydroxylation sites is 1. The zero-order valence-electron chi connectivity index (χ0n) is 17.1. The topological polar surface area (TPSA) is 49.3 Å². The Morgan fingerprint density at radius 2 is 1.72 bits per heavy atom. The first-order valence-corrected chi connectivity index (χ1v) is 10.1. The average Bonchev–Trinajstić information content (AvgIpc) is 3.08. The van der Waals surface area contributed by atoms with Crippen LogP contribution in [0.4, 0.5) is 11.6 Å². The lowest BCUT2D eigenvalue weighted by atomic mass is 10.1. The highest BCUT2D eigenvalue weighted by molar-refractivity contribution is 6.07. The van der Waals surface area contributed by atoms with Crippen LogP contribution in [-0.2, 0) is 13.0 Å². The van der Waals surface area contributed by atoms with Crippen LogP contribution in [0.2, 0.25) is 0 Å². The Hall–Kier alpha value is -3.21. The Labute approximate surface area is 172 Å². The summed E-state index contributed by atoms with van der Waals surface area (Å²) in [6, 6.07) is 18.7. The molecule has 5 heteroatoms. The molecule has 1 aliphatic rings. The molecule has 0 saturated carbocycles. The molecule has 4 rings (SSSR count). The summed E-state index contributed by atoms with van der Waals surface area (Å²) in [5.74, 6) is 0.587. The molecule has 1 amide bonds. The molecule has 5 nitrogen and oxygen atoms in total. The van der Waals surface area contributed by atoms with Gasteiger partial charge in [0.25, 0.3) is 5.91 Å². The van der Waals surface area contributed by atoms with Crippen LogP contribution >= 0.6 is 0 Å². The molecule has 0 fully saturated rings. The predicted octanol–water partition coefficient (Wildman–Crippen LogP) is 4.48. The van der Waals surface area contributed by atoms with E-state index in [0.29, 0.717) is 11.5 Å². The highest BCUT2D eigenvalue weighted by Gasteiger charge is 2.31. The van der Waals surface area contributed by atoms with E-state index in [0.717, 1.165) is 18.7 Å². The van der Waals surface area contributed by atoms with Gasteiger partial charge < -0.3 is 9.80 Å². The van der Waals surface area contributed by atoms with E-state index in [1.165, 1.54) is 11.1 Å². The second-order valence-corrected chi connectivity index (χ2v) is 7.84. The van der Waals surface area contributed by atoms with Crippen molar-refractivity contribution in [2.75, 3.05) is 9.80 Å². The molecule has 0 aliphatic carbocycles. The smallest absolute Gasteiger partial charge is 0.261 e. The number of anilines is 2. The fourth-order valence-electron chi connectivity index (χ4n) is 3.86. The molecule has 0 bridgehead atoms. The standard InChI is InChI=1S/C24H26N4O/c1-17(2)27(16-19-9-5-4-6-10-19)24-25-14-21(15-26-24)23(29)28-18(3)13-20-11-7-8-12-22(20)28/h4-12,14-15,17-18H,13,16H2,1-3H3. The van der Waals surface area contributed by atoms with Gasteiger partial charge in [-0.3, -0.25) is 4.79 Å². The van der Waals surface area contributed by atoms with Crippen LogP contribution in [0.3, 0.4) is 0 Å². The summed E-state index contributed by atoms with van der Waals surface area (Å²) in [6.45, 7) is 7.04. The molecule has 1 unspecified atom stereocenters. The average molecular weight is 386 g/mol. The van der Waals surface area contributed by atoms with E-state index in [1.807, 2.05) is 41.3 Å². The summed E-state index contributed by atoms with van der Waals surface area (Å²) in [6.07, 6.45) is 4.18. The zero-order chi connectivity index (χ0) is 20.4. The number of hydrogen-bond acceptors (Lipinski definition) is 4. The Morgan fingerprint density at radius 3 is 2.41 bits per heavy atom.